The number of allylic oxidation sites excluding steroid dienone is 6. The molecule has 0 rings (SSSR count). The van der Waals surface area contributed by atoms with Crippen LogP contribution < -0.4 is 0 Å². The quantitative estimate of drug-likeness (QED) is 0.464. The fourth-order valence-corrected chi connectivity index (χ4v) is 0.854. The third kappa shape index (κ3) is 7.08. The first-order valence-electron chi connectivity index (χ1n) is 4.42. The van der Waals surface area contributed by atoms with Crippen LogP contribution in [0.5, 0.6) is 0 Å². The Morgan fingerprint density at radius 1 is 1.23 bits per heavy atom. The molecule has 0 N–H and O–H groups in total. The molecule has 0 aromatic heterocycles. The zero-order valence-corrected chi connectivity index (χ0v) is 8.83. The van der Waals surface area contributed by atoms with Crippen LogP contribution >= 0.6 is 0 Å². The molecule has 0 aliphatic heterocycles. The van der Waals surface area contributed by atoms with Gasteiger partial charge in [-0.1, -0.05) is 45.1 Å². The average Bonchev–Trinajstić information content (AvgIpc) is 2.01. The lowest BCUT2D eigenvalue weighted by atomic mass is 9.94. The molecule has 0 atom stereocenters. The topological polar surface area (TPSA) is 23.8 Å². The Morgan fingerprint density at radius 2 is 1.85 bits per heavy atom. The number of rotatable bonds is 2. The molecule has 0 saturated heterocycles. The van der Waals surface area contributed by atoms with Crippen molar-refractivity contribution in [1.82, 2.24) is 0 Å². The molecule has 0 saturated carbocycles. The Labute approximate surface area is 81.1 Å². The van der Waals surface area contributed by atoms with Gasteiger partial charge in [-0.15, -0.1) is 0 Å². The van der Waals surface area contributed by atoms with E-state index in [2.05, 4.69) is 26.8 Å². The van der Waals surface area contributed by atoms with Gasteiger partial charge in [-0.3, -0.25) is 0 Å². The SMILES string of the molecule is C\C=C/C=C\C(C#N)=C\C(C)(C)C. The molecule has 0 unspecified atom stereocenters. The molecule has 0 heterocycles. The second kappa shape index (κ2) is 5.37. The van der Waals surface area contributed by atoms with Gasteiger partial charge < -0.3 is 0 Å². The minimum atomic E-state index is 0.0608. The highest BCUT2D eigenvalue weighted by molar-refractivity contribution is 5.35. The van der Waals surface area contributed by atoms with E-state index in [1.54, 1.807) is 0 Å². The highest BCUT2D eigenvalue weighted by Gasteiger charge is 2.06. The van der Waals surface area contributed by atoms with Crippen molar-refractivity contribution in [3.8, 4) is 6.07 Å². The average molecular weight is 175 g/mol. The predicted molar refractivity (Wildman–Crippen MR) is 57.1 cm³/mol. The van der Waals surface area contributed by atoms with Gasteiger partial charge in [0.2, 0.25) is 0 Å². The molecular weight excluding hydrogens is 158 g/mol. The van der Waals surface area contributed by atoms with Crippen molar-refractivity contribution in [2.45, 2.75) is 27.7 Å². The molecule has 0 aliphatic carbocycles. The molecule has 0 bridgehead atoms. The summed E-state index contributed by atoms with van der Waals surface area (Å²) in [5.41, 5.74) is 0.774. The van der Waals surface area contributed by atoms with Gasteiger partial charge in [-0.25, -0.2) is 0 Å². The number of nitriles is 1. The summed E-state index contributed by atoms with van der Waals surface area (Å²) in [7, 11) is 0. The first-order valence-corrected chi connectivity index (χ1v) is 4.42. The molecule has 0 aliphatic rings. The molecule has 0 spiro atoms. The van der Waals surface area contributed by atoms with E-state index in [-0.39, 0.29) is 5.41 Å². The van der Waals surface area contributed by atoms with Crippen LogP contribution in [-0.2, 0) is 0 Å². The maximum Gasteiger partial charge on any atom is 0.0988 e. The van der Waals surface area contributed by atoms with Crippen molar-refractivity contribution in [2.24, 2.45) is 5.41 Å². The van der Waals surface area contributed by atoms with Gasteiger partial charge in [-0.05, 0) is 18.4 Å². The number of hydrogen-bond donors (Lipinski definition) is 0. The minimum Gasteiger partial charge on any atom is -0.192 e. The summed E-state index contributed by atoms with van der Waals surface area (Å²) in [5.74, 6) is 0. The van der Waals surface area contributed by atoms with Gasteiger partial charge in [0.25, 0.3) is 0 Å². The Hall–Kier alpha value is -1.29. The minimum absolute atomic E-state index is 0.0608. The van der Waals surface area contributed by atoms with Gasteiger partial charge in [0.05, 0.1) is 6.07 Å². The predicted octanol–water partition coefficient (Wildman–Crippen LogP) is 3.61. The van der Waals surface area contributed by atoms with Crippen molar-refractivity contribution in [3.63, 3.8) is 0 Å². The number of hydrogen-bond acceptors (Lipinski definition) is 1. The third-order valence-corrected chi connectivity index (χ3v) is 1.30. The summed E-state index contributed by atoms with van der Waals surface area (Å²) in [5, 5.41) is 8.80. The van der Waals surface area contributed by atoms with Crippen molar-refractivity contribution >= 4 is 0 Å². The monoisotopic (exact) mass is 175 g/mol. The summed E-state index contributed by atoms with van der Waals surface area (Å²) in [6, 6.07) is 2.16. The summed E-state index contributed by atoms with van der Waals surface area (Å²) in [6.07, 6.45) is 9.51. The zero-order valence-electron chi connectivity index (χ0n) is 8.83. The van der Waals surface area contributed by atoms with Crippen LogP contribution in [0.15, 0.2) is 36.0 Å². The van der Waals surface area contributed by atoms with Crippen LogP contribution in [0.3, 0.4) is 0 Å². The third-order valence-electron chi connectivity index (χ3n) is 1.30. The van der Waals surface area contributed by atoms with Crippen LogP contribution in [0, 0.1) is 16.7 Å². The molecular formula is C12H17N. The zero-order chi connectivity index (χ0) is 10.3. The van der Waals surface area contributed by atoms with Crippen molar-refractivity contribution < 1.29 is 0 Å². The normalized spacial score (nSPS) is 13.9. The fourth-order valence-electron chi connectivity index (χ4n) is 0.854. The Morgan fingerprint density at radius 3 is 2.23 bits per heavy atom. The van der Waals surface area contributed by atoms with Gasteiger partial charge in [0.15, 0.2) is 0 Å². The molecule has 0 radical (unpaired) electrons. The lowest BCUT2D eigenvalue weighted by Crippen LogP contribution is -1.99. The maximum absolute atomic E-state index is 8.80. The highest BCUT2D eigenvalue weighted by atomic mass is 14.2. The van der Waals surface area contributed by atoms with E-state index in [4.69, 9.17) is 5.26 Å². The molecule has 1 nitrogen and oxygen atoms in total. The van der Waals surface area contributed by atoms with Crippen LogP contribution in [0.4, 0.5) is 0 Å². The van der Waals surface area contributed by atoms with E-state index in [1.807, 2.05) is 37.3 Å². The van der Waals surface area contributed by atoms with E-state index < -0.39 is 0 Å². The van der Waals surface area contributed by atoms with Gasteiger partial charge in [-0.2, -0.15) is 5.26 Å². The second-order valence-corrected chi connectivity index (χ2v) is 3.96. The Kier molecular flexibility index (Phi) is 4.84. The summed E-state index contributed by atoms with van der Waals surface area (Å²) < 4.78 is 0. The van der Waals surface area contributed by atoms with Crippen molar-refractivity contribution in [3.05, 3.63) is 36.0 Å². The van der Waals surface area contributed by atoms with Gasteiger partial charge in [0.1, 0.15) is 0 Å². The molecule has 0 aromatic carbocycles. The van der Waals surface area contributed by atoms with Crippen molar-refractivity contribution in [2.75, 3.05) is 0 Å². The second-order valence-electron chi connectivity index (χ2n) is 3.96. The Bertz CT molecular complexity index is 266. The maximum atomic E-state index is 8.80. The summed E-state index contributed by atoms with van der Waals surface area (Å²) in [6.45, 7) is 8.18. The standard InChI is InChI=1S/C12H17N/c1-5-6-7-8-11(10-13)9-12(2,3)4/h5-9H,1-4H3/b6-5-,8-7-,11-9-. The molecule has 70 valence electrons. The van der Waals surface area contributed by atoms with E-state index in [0.717, 1.165) is 0 Å². The lowest BCUT2D eigenvalue weighted by Gasteiger charge is -2.11. The first-order chi connectivity index (χ1) is 5.99. The summed E-state index contributed by atoms with van der Waals surface area (Å²) >= 11 is 0. The number of nitrogens with zero attached hydrogens (tertiary/aromatic N) is 1. The first kappa shape index (κ1) is 11.7. The molecule has 1 heteroatoms. The van der Waals surface area contributed by atoms with Crippen LogP contribution in [-0.4, -0.2) is 0 Å². The molecule has 13 heavy (non-hydrogen) atoms. The van der Waals surface area contributed by atoms with E-state index in [1.165, 1.54) is 0 Å². The molecule has 0 amide bonds. The van der Waals surface area contributed by atoms with Gasteiger partial charge in [0, 0.05) is 5.57 Å². The van der Waals surface area contributed by atoms with E-state index >= 15 is 0 Å². The van der Waals surface area contributed by atoms with E-state index in [0.29, 0.717) is 5.57 Å². The lowest BCUT2D eigenvalue weighted by molar-refractivity contribution is 0.542. The summed E-state index contributed by atoms with van der Waals surface area (Å²) in [4.78, 5) is 0. The van der Waals surface area contributed by atoms with Crippen LogP contribution in [0.1, 0.15) is 27.7 Å². The largest absolute Gasteiger partial charge is 0.192 e. The van der Waals surface area contributed by atoms with Crippen LogP contribution in [0.2, 0.25) is 0 Å². The van der Waals surface area contributed by atoms with Crippen LogP contribution in [0.25, 0.3) is 0 Å². The Balaban J connectivity index is 4.56. The smallest absolute Gasteiger partial charge is 0.0988 e. The van der Waals surface area contributed by atoms with Crippen molar-refractivity contribution in [1.29, 1.82) is 5.26 Å². The molecule has 0 fully saturated rings. The fraction of sp³-hybridized carbons (Fsp3) is 0.417. The highest BCUT2D eigenvalue weighted by Crippen LogP contribution is 2.17. The molecule has 0 aromatic rings. The van der Waals surface area contributed by atoms with E-state index in [9.17, 15) is 0 Å². The van der Waals surface area contributed by atoms with Gasteiger partial charge >= 0.3 is 0 Å².